The number of amides is 3. The molecule has 7 heteroatoms. The van der Waals surface area contributed by atoms with Gasteiger partial charge in [-0.05, 0) is 47.8 Å². The van der Waals surface area contributed by atoms with Crippen LogP contribution in [-0.4, -0.2) is 11.9 Å². The Kier molecular flexibility index (Phi) is 3.83. The number of carbonyl (C=O) groups excluding carboxylic acids is 2. The minimum atomic E-state index is -0.374. The first kappa shape index (κ1) is 15.2. The van der Waals surface area contributed by atoms with Crippen LogP contribution in [0.1, 0.15) is 10.4 Å². The quantitative estimate of drug-likeness (QED) is 0.623. The van der Waals surface area contributed by atoms with Crippen LogP contribution < -0.4 is 20.7 Å². The minimum absolute atomic E-state index is 0.290. The first-order chi connectivity index (χ1) is 12.2. The molecule has 1 aromatic heterocycles. The maximum atomic E-state index is 12.4. The van der Waals surface area contributed by atoms with Crippen molar-refractivity contribution in [1.29, 1.82) is 0 Å². The highest BCUT2D eigenvalue weighted by atomic mass is 32.1. The summed E-state index contributed by atoms with van der Waals surface area (Å²) in [4.78, 5) is 24.5. The molecule has 3 amide bonds. The number of fused-ring (bicyclic) bond motifs is 2. The van der Waals surface area contributed by atoms with Gasteiger partial charge in [0.2, 0.25) is 0 Å². The van der Waals surface area contributed by atoms with Gasteiger partial charge in [-0.1, -0.05) is 12.1 Å². The van der Waals surface area contributed by atoms with Crippen LogP contribution in [0.4, 0.5) is 21.2 Å². The lowest BCUT2D eigenvalue weighted by molar-refractivity contribution is 0.102. The molecule has 6 nitrogen and oxygen atoms in total. The largest absolute Gasteiger partial charge is 0.454 e. The van der Waals surface area contributed by atoms with E-state index < -0.39 is 0 Å². The van der Waals surface area contributed by atoms with E-state index in [-0.39, 0.29) is 11.9 Å². The maximum absolute atomic E-state index is 12.4. The topological polar surface area (TPSA) is 79.5 Å². The molecule has 1 aliphatic rings. The van der Waals surface area contributed by atoms with Gasteiger partial charge in [-0.25, -0.2) is 4.79 Å². The molecule has 0 fully saturated rings. The Hall–Kier alpha value is -3.32. The molecule has 2 aromatic carbocycles. The Morgan fingerprint density at radius 3 is 2.72 bits per heavy atom. The lowest BCUT2D eigenvalue weighted by Gasteiger charge is -2.10. The summed E-state index contributed by atoms with van der Waals surface area (Å²) < 4.78 is 5.81. The molecule has 0 spiro atoms. The third kappa shape index (κ3) is 3.17. The zero-order valence-corrected chi connectivity index (χ0v) is 13.7. The summed E-state index contributed by atoms with van der Waals surface area (Å²) >= 11 is 1.42. The second kappa shape index (κ2) is 6.29. The van der Waals surface area contributed by atoms with Gasteiger partial charge in [0.05, 0.1) is 16.3 Å². The Labute approximate surface area is 147 Å². The first-order valence-electron chi connectivity index (χ1n) is 7.53. The van der Waals surface area contributed by atoms with Crippen molar-refractivity contribution in [2.24, 2.45) is 0 Å². The van der Waals surface area contributed by atoms with E-state index in [9.17, 15) is 9.59 Å². The number of thiophene rings is 1. The van der Waals surface area contributed by atoms with E-state index in [2.05, 4.69) is 16.0 Å². The van der Waals surface area contributed by atoms with E-state index in [1.165, 1.54) is 11.3 Å². The average molecular weight is 351 g/mol. The monoisotopic (exact) mass is 351 g/mol. The third-order valence-corrected chi connectivity index (χ3v) is 4.38. The number of anilines is 3. The van der Waals surface area contributed by atoms with E-state index in [4.69, 9.17) is 4.74 Å². The van der Waals surface area contributed by atoms with Crippen molar-refractivity contribution < 1.29 is 14.3 Å². The second-order valence-electron chi connectivity index (χ2n) is 5.32. The maximum Gasteiger partial charge on any atom is 0.324 e. The highest BCUT2D eigenvalue weighted by molar-refractivity contribution is 7.14. The Bertz CT molecular complexity index is 954. The van der Waals surface area contributed by atoms with Crippen molar-refractivity contribution in [2.45, 2.75) is 0 Å². The summed E-state index contributed by atoms with van der Waals surface area (Å²) in [6.07, 6.45) is 0. The normalized spacial score (nSPS) is 12.1. The predicted molar refractivity (Wildman–Crippen MR) is 97.9 cm³/mol. The second-order valence-corrected chi connectivity index (χ2v) is 6.27. The number of rotatable bonds is 2. The minimum Gasteiger partial charge on any atom is -0.454 e. The van der Waals surface area contributed by atoms with Crippen molar-refractivity contribution in [3.05, 3.63) is 65.5 Å². The van der Waals surface area contributed by atoms with Gasteiger partial charge in [0.25, 0.3) is 5.91 Å². The molecule has 2 heterocycles. The van der Waals surface area contributed by atoms with E-state index in [1.807, 2.05) is 23.6 Å². The zero-order chi connectivity index (χ0) is 17.2. The lowest BCUT2D eigenvalue weighted by atomic mass is 10.1. The van der Waals surface area contributed by atoms with Crippen LogP contribution in [0.2, 0.25) is 0 Å². The van der Waals surface area contributed by atoms with Gasteiger partial charge in [0.1, 0.15) is 5.75 Å². The zero-order valence-electron chi connectivity index (χ0n) is 12.9. The SMILES string of the molecule is O=C(Nc1ccc2c(c1)C(=O)Nc1ccccc1O2)Nc1cccs1. The molecule has 4 rings (SSSR count). The molecule has 0 atom stereocenters. The van der Waals surface area contributed by atoms with Crippen LogP contribution in [-0.2, 0) is 0 Å². The molecule has 0 aliphatic carbocycles. The number of hydrogen-bond acceptors (Lipinski definition) is 4. The molecule has 1 aliphatic heterocycles. The molecule has 0 bridgehead atoms. The van der Waals surface area contributed by atoms with Gasteiger partial charge >= 0.3 is 6.03 Å². The van der Waals surface area contributed by atoms with Crippen molar-refractivity contribution in [1.82, 2.24) is 0 Å². The number of ether oxygens (including phenoxy) is 1. The smallest absolute Gasteiger partial charge is 0.324 e. The van der Waals surface area contributed by atoms with Crippen LogP contribution in [0, 0.1) is 0 Å². The van der Waals surface area contributed by atoms with E-state index in [0.717, 1.165) is 5.00 Å². The highest BCUT2D eigenvalue weighted by Crippen LogP contribution is 2.36. The molecule has 0 radical (unpaired) electrons. The Balaban J connectivity index is 1.57. The van der Waals surface area contributed by atoms with Crippen LogP contribution in [0.3, 0.4) is 0 Å². The predicted octanol–water partition coefficient (Wildman–Crippen LogP) is 4.75. The van der Waals surface area contributed by atoms with Gasteiger partial charge in [-0.15, -0.1) is 11.3 Å². The summed E-state index contributed by atoms with van der Waals surface area (Å²) in [5.74, 6) is 0.722. The van der Waals surface area contributed by atoms with E-state index >= 15 is 0 Å². The van der Waals surface area contributed by atoms with Gasteiger partial charge in [-0.3, -0.25) is 10.1 Å². The van der Waals surface area contributed by atoms with Crippen LogP contribution in [0.25, 0.3) is 0 Å². The number of nitrogens with one attached hydrogen (secondary N) is 3. The van der Waals surface area contributed by atoms with Crippen molar-refractivity contribution >= 4 is 39.7 Å². The fourth-order valence-electron chi connectivity index (χ4n) is 2.47. The molecular weight excluding hydrogens is 338 g/mol. The van der Waals surface area contributed by atoms with Gasteiger partial charge in [0.15, 0.2) is 5.75 Å². The average Bonchev–Trinajstić information content (AvgIpc) is 3.05. The molecular formula is C18H13N3O3S. The van der Waals surface area contributed by atoms with E-state index in [1.54, 1.807) is 36.4 Å². The van der Waals surface area contributed by atoms with Crippen molar-refractivity contribution in [3.8, 4) is 11.5 Å². The molecule has 25 heavy (non-hydrogen) atoms. The summed E-state index contributed by atoms with van der Waals surface area (Å²) in [5.41, 5.74) is 1.45. The first-order valence-corrected chi connectivity index (χ1v) is 8.41. The summed E-state index contributed by atoms with van der Waals surface area (Å²) in [7, 11) is 0. The summed E-state index contributed by atoms with van der Waals surface area (Å²) in [6, 6.07) is 15.4. The molecule has 0 saturated carbocycles. The lowest BCUT2D eigenvalue weighted by Crippen LogP contribution is -2.19. The number of carbonyl (C=O) groups is 2. The van der Waals surface area contributed by atoms with Crippen LogP contribution >= 0.6 is 11.3 Å². The molecule has 3 aromatic rings. The summed E-state index contributed by atoms with van der Waals surface area (Å²) in [6.45, 7) is 0. The Morgan fingerprint density at radius 2 is 1.88 bits per heavy atom. The van der Waals surface area contributed by atoms with Gasteiger partial charge in [-0.2, -0.15) is 0 Å². The van der Waals surface area contributed by atoms with Gasteiger partial charge in [0, 0.05) is 5.69 Å². The number of hydrogen-bond donors (Lipinski definition) is 3. The Morgan fingerprint density at radius 1 is 1.00 bits per heavy atom. The molecule has 0 saturated heterocycles. The van der Waals surface area contributed by atoms with Crippen LogP contribution in [0.5, 0.6) is 11.5 Å². The molecule has 3 N–H and O–H groups in total. The van der Waals surface area contributed by atoms with Crippen molar-refractivity contribution in [2.75, 3.05) is 16.0 Å². The highest BCUT2D eigenvalue weighted by Gasteiger charge is 2.21. The summed E-state index contributed by atoms with van der Waals surface area (Å²) in [5, 5.41) is 10.9. The molecule has 124 valence electrons. The number of benzene rings is 2. The van der Waals surface area contributed by atoms with E-state index in [0.29, 0.717) is 28.4 Å². The molecule has 0 unspecified atom stereocenters. The van der Waals surface area contributed by atoms with Crippen molar-refractivity contribution in [3.63, 3.8) is 0 Å². The fourth-order valence-corrected chi connectivity index (χ4v) is 3.08. The number of urea groups is 1. The van der Waals surface area contributed by atoms with Crippen LogP contribution in [0.15, 0.2) is 60.0 Å². The fraction of sp³-hybridized carbons (Fsp3) is 0. The van der Waals surface area contributed by atoms with Gasteiger partial charge < -0.3 is 15.4 Å². The number of para-hydroxylation sites is 2. The standard InChI is InChI=1S/C18H13N3O3S/c22-17-12-10-11(19-18(23)21-16-6-3-9-25-16)7-8-14(12)24-15-5-2-1-4-13(15)20-17/h1-10H,(H,20,22)(H2,19,21,23). The third-order valence-electron chi connectivity index (χ3n) is 3.60.